The molecule has 6 aromatic carbocycles. The van der Waals surface area contributed by atoms with E-state index in [9.17, 15) is 0 Å². The number of fused-ring (bicyclic) bond motifs is 3. The quantitative estimate of drug-likeness (QED) is 0.158. The summed E-state index contributed by atoms with van der Waals surface area (Å²) < 4.78 is 0. The Morgan fingerprint density at radius 3 is 1.71 bits per heavy atom. The molecular formula is C55H55N. The van der Waals surface area contributed by atoms with Crippen LogP contribution in [-0.4, -0.2) is 0 Å². The molecule has 56 heavy (non-hydrogen) atoms. The van der Waals surface area contributed by atoms with Crippen LogP contribution < -0.4 is 4.90 Å². The van der Waals surface area contributed by atoms with Crippen molar-refractivity contribution in [3.8, 4) is 33.4 Å². The Kier molecular flexibility index (Phi) is 8.20. The van der Waals surface area contributed by atoms with Gasteiger partial charge in [0.15, 0.2) is 0 Å². The zero-order valence-corrected chi connectivity index (χ0v) is 33.3. The molecule has 6 aliphatic rings. The molecule has 0 radical (unpaired) electrons. The van der Waals surface area contributed by atoms with Gasteiger partial charge in [-0.1, -0.05) is 136 Å². The van der Waals surface area contributed by atoms with Gasteiger partial charge in [0.25, 0.3) is 0 Å². The molecule has 0 heterocycles. The lowest BCUT2D eigenvalue weighted by Crippen LogP contribution is -2.48. The van der Waals surface area contributed by atoms with Gasteiger partial charge in [0, 0.05) is 22.5 Å². The molecule has 6 aromatic rings. The van der Waals surface area contributed by atoms with Crippen LogP contribution in [0.25, 0.3) is 33.4 Å². The number of nitrogens with zero attached hydrogens (tertiary/aromatic N) is 1. The molecule has 5 saturated carbocycles. The van der Waals surface area contributed by atoms with Gasteiger partial charge < -0.3 is 4.90 Å². The maximum Gasteiger partial charge on any atom is 0.0471 e. The van der Waals surface area contributed by atoms with Crippen molar-refractivity contribution in [3.63, 3.8) is 0 Å². The van der Waals surface area contributed by atoms with Crippen LogP contribution in [0.4, 0.5) is 17.1 Å². The summed E-state index contributed by atoms with van der Waals surface area (Å²) in [6.07, 6.45) is 15.4. The van der Waals surface area contributed by atoms with E-state index in [1.165, 1.54) is 138 Å². The Hall–Kier alpha value is -4.88. The van der Waals surface area contributed by atoms with E-state index in [1.54, 1.807) is 5.56 Å². The van der Waals surface area contributed by atoms with Crippen molar-refractivity contribution in [3.05, 3.63) is 162 Å². The van der Waals surface area contributed by atoms with Crippen molar-refractivity contribution in [1.82, 2.24) is 0 Å². The van der Waals surface area contributed by atoms with Crippen molar-refractivity contribution < 1.29 is 0 Å². The van der Waals surface area contributed by atoms with Gasteiger partial charge in [-0.25, -0.2) is 0 Å². The molecule has 0 N–H and O–H groups in total. The molecule has 0 aliphatic heterocycles. The largest absolute Gasteiger partial charge is 0.310 e. The molecule has 12 rings (SSSR count). The Labute approximate surface area is 334 Å². The highest BCUT2D eigenvalue weighted by molar-refractivity contribution is 5.99. The number of anilines is 3. The first kappa shape index (κ1) is 34.4. The van der Waals surface area contributed by atoms with Gasteiger partial charge in [0.05, 0.1) is 0 Å². The van der Waals surface area contributed by atoms with Gasteiger partial charge in [-0.2, -0.15) is 0 Å². The highest BCUT2D eigenvalue weighted by atomic mass is 15.1. The van der Waals surface area contributed by atoms with Crippen molar-refractivity contribution in [2.24, 2.45) is 17.8 Å². The molecule has 4 bridgehead atoms. The smallest absolute Gasteiger partial charge is 0.0471 e. The standard InChI is InChI=1S/C55H55N/c1-54(2)51-20-12-11-19-49(51)53-50(48-18-10-9-17-47(48)42-15-7-4-8-16-42)32-46(33-52(53)54)56(44-25-21-41(22-26-44)40-13-5-3-6-14-40)45-27-23-43(24-28-45)55-34-37-29-38(35-55)31-39(30-37)36-55/h4,7-12,15-28,32-33,37-40H,3,5-6,13-14,29-31,34-36H2,1-2H3. The highest BCUT2D eigenvalue weighted by Crippen LogP contribution is 2.61. The maximum atomic E-state index is 2.57. The summed E-state index contributed by atoms with van der Waals surface area (Å²) in [7, 11) is 0. The monoisotopic (exact) mass is 729 g/mol. The van der Waals surface area contributed by atoms with E-state index >= 15 is 0 Å². The first-order valence-electron chi connectivity index (χ1n) is 21.9. The molecule has 6 aliphatic carbocycles. The minimum Gasteiger partial charge on any atom is -0.310 e. The van der Waals surface area contributed by atoms with Crippen molar-refractivity contribution >= 4 is 17.1 Å². The van der Waals surface area contributed by atoms with Crippen LogP contribution in [0.3, 0.4) is 0 Å². The summed E-state index contributed by atoms with van der Waals surface area (Å²) in [5, 5.41) is 0. The molecule has 0 amide bonds. The Bertz CT molecular complexity index is 2360. The minimum atomic E-state index is -0.142. The van der Waals surface area contributed by atoms with Crippen molar-refractivity contribution in [2.45, 2.75) is 101 Å². The van der Waals surface area contributed by atoms with E-state index in [-0.39, 0.29) is 5.41 Å². The summed E-state index contributed by atoms with van der Waals surface area (Å²) in [5.41, 5.74) is 17.7. The predicted octanol–water partition coefficient (Wildman–Crippen LogP) is 15.3. The Morgan fingerprint density at radius 1 is 0.482 bits per heavy atom. The summed E-state index contributed by atoms with van der Waals surface area (Å²) in [6, 6.07) is 53.9. The summed E-state index contributed by atoms with van der Waals surface area (Å²) in [5.74, 6) is 3.51. The fraction of sp³-hybridized carbons (Fsp3) is 0.345. The van der Waals surface area contributed by atoms with Gasteiger partial charge in [0.2, 0.25) is 0 Å². The minimum absolute atomic E-state index is 0.142. The second kappa shape index (κ2) is 13.4. The first-order valence-corrected chi connectivity index (χ1v) is 21.9. The topological polar surface area (TPSA) is 3.24 Å². The molecular weight excluding hydrogens is 675 g/mol. The molecule has 280 valence electrons. The van der Waals surface area contributed by atoms with Crippen LogP contribution in [0, 0.1) is 17.8 Å². The van der Waals surface area contributed by atoms with Crippen LogP contribution in [0.2, 0.25) is 0 Å². The van der Waals surface area contributed by atoms with Crippen LogP contribution >= 0.6 is 0 Å². The van der Waals surface area contributed by atoms with Crippen LogP contribution in [0.1, 0.15) is 113 Å². The molecule has 1 nitrogen and oxygen atoms in total. The average molecular weight is 730 g/mol. The zero-order chi connectivity index (χ0) is 37.4. The van der Waals surface area contributed by atoms with Crippen LogP contribution in [0.15, 0.2) is 140 Å². The zero-order valence-electron chi connectivity index (χ0n) is 33.3. The fourth-order valence-electron chi connectivity index (χ4n) is 12.9. The number of rotatable bonds is 7. The molecule has 0 atom stereocenters. The third-order valence-corrected chi connectivity index (χ3v) is 15.2. The van der Waals surface area contributed by atoms with Crippen molar-refractivity contribution in [2.75, 3.05) is 4.90 Å². The lowest BCUT2D eigenvalue weighted by molar-refractivity contribution is -0.00518. The normalized spacial score (nSPS) is 24.5. The molecule has 0 spiro atoms. The van der Waals surface area contributed by atoms with E-state index in [0.717, 1.165) is 17.8 Å². The summed E-state index contributed by atoms with van der Waals surface area (Å²) in [4.78, 5) is 2.57. The highest BCUT2D eigenvalue weighted by Gasteiger charge is 2.51. The van der Waals surface area contributed by atoms with Crippen LogP contribution in [0.5, 0.6) is 0 Å². The van der Waals surface area contributed by atoms with E-state index < -0.39 is 0 Å². The second-order valence-corrected chi connectivity index (χ2v) is 19.0. The number of hydrogen-bond acceptors (Lipinski definition) is 1. The lowest BCUT2D eigenvalue weighted by atomic mass is 9.48. The summed E-state index contributed by atoms with van der Waals surface area (Å²) in [6.45, 7) is 4.86. The van der Waals surface area contributed by atoms with E-state index in [0.29, 0.717) is 11.3 Å². The van der Waals surface area contributed by atoms with Gasteiger partial charge >= 0.3 is 0 Å². The molecule has 0 aromatic heterocycles. The maximum absolute atomic E-state index is 2.57. The predicted molar refractivity (Wildman–Crippen MR) is 235 cm³/mol. The van der Waals surface area contributed by atoms with Gasteiger partial charge in [0.1, 0.15) is 0 Å². The third kappa shape index (κ3) is 5.63. The molecule has 0 unspecified atom stereocenters. The molecule has 1 heteroatoms. The van der Waals surface area contributed by atoms with Gasteiger partial charge in [-0.15, -0.1) is 0 Å². The number of hydrogen-bond donors (Lipinski definition) is 0. The van der Waals surface area contributed by atoms with E-state index in [1.807, 2.05) is 0 Å². The first-order chi connectivity index (χ1) is 27.4. The third-order valence-electron chi connectivity index (χ3n) is 15.2. The van der Waals surface area contributed by atoms with E-state index in [4.69, 9.17) is 0 Å². The average Bonchev–Trinajstić information content (AvgIpc) is 3.47. The number of benzene rings is 6. The lowest BCUT2D eigenvalue weighted by Gasteiger charge is -2.57. The Balaban J connectivity index is 1.09. The fourth-order valence-corrected chi connectivity index (χ4v) is 12.9. The Morgan fingerprint density at radius 2 is 1.05 bits per heavy atom. The van der Waals surface area contributed by atoms with Crippen LogP contribution in [-0.2, 0) is 10.8 Å². The van der Waals surface area contributed by atoms with Gasteiger partial charge in [-0.3, -0.25) is 0 Å². The van der Waals surface area contributed by atoms with Gasteiger partial charge in [-0.05, 0) is 172 Å². The molecule has 0 saturated heterocycles. The SMILES string of the molecule is CC1(C)c2ccccc2-c2c(-c3ccccc3-c3ccccc3)cc(N(c3ccc(C4CCCCC4)cc3)c3ccc(C45CC6CC(CC(C6)C4)C5)cc3)cc21. The van der Waals surface area contributed by atoms with E-state index in [2.05, 4.69) is 158 Å². The molecule has 5 fully saturated rings. The van der Waals surface area contributed by atoms with Crippen molar-refractivity contribution in [1.29, 1.82) is 0 Å². The summed E-state index contributed by atoms with van der Waals surface area (Å²) >= 11 is 0. The second-order valence-electron chi connectivity index (χ2n) is 19.0.